The number of aryl methyl sites for hydroxylation is 1. The molecule has 30 heavy (non-hydrogen) atoms. The lowest BCUT2D eigenvalue weighted by Gasteiger charge is -2.36. The van der Waals surface area contributed by atoms with Crippen LogP contribution >= 0.6 is 11.6 Å². The normalized spacial score (nSPS) is 14.2. The number of anilines is 1. The third-order valence-corrected chi connectivity index (χ3v) is 5.36. The molecule has 0 aliphatic carbocycles. The molecule has 8 heteroatoms. The van der Waals surface area contributed by atoms with Gasteiger partial charge in [0.25, 0.3) is 5.91 Å². The second kappa shape index (κ2) is 9.43. The highest BCUT2D eigenvalue weighted by molar-refractivity contribution is 6.33. The Hall–Kier alpha value is -2.67. The first-order valence-corrected chi connectivity index (χ1v) is 10.6. The molecule has 0 saturated carbocycles. The molecule has 0 bridgehead atoms. The molecule has 0 unspecified atom stereocenters. The zero-order valence-corrected chi connectivity index (χ0v) is 18.6. The van der Waals surface area contributed by atoms with E-state index in [1.165, 1.54) is 0 Å². The Kier molecular flexibility index (Phi) is 6.92. The smallest absolute Gasteiger partial charge is 0.342 e. The highest BCUT2D eigenvalue weighted by atomic mass is 35.5. The summed E-state index contributed by atoms with van der Waals surface area (Å²) >= 11 is 6.31. The summed E-state index contributed by atoms with van der Waals surface area (Å²) in [5, 5.41) is 0.690. The molecule has 1 aromatic heterocycles. The molecule has 7 nitrogen and oxygen atoms in total. The van der Waals surface area contributed by atoms with E-state index in [1.807, 2.05) is 38.1 Å². The van der Waals surface area contributed by atoms with Gasteiger partial charge in [-0.2, -0.15) is 0 Å². The quantitative estimate of drug-likeness (QED) is 0.673. The number of piperazine rings is 1. The number of hydrogen-bond donors (Lipinski definition) is 0. The number of halogens is 1. The number of para-hydroxylation sites is 1. The number of aromatic nitrogens is 2. The first-order valence-electron chi connectivity index (χ1n) is 10.2. The molecule has 2 aromatic rings. The van der Waals surface area contributed by atoms with Crippen LogP contribution < -0.4 is 4.90 Å². The molecule has 1 saturated heterocycles. The van der Waals surface area contributed by atoms with Crippen molar-refractivity contribution >= 4 is 29.2 Å². The van der Waals surface area contributed by atoms with Crippen LogP contribution in [0, 0.1) is 6.92 Å². The highest BCUT2D eigenvalue weighted by Gasteiger charge is 2.31. The molecule has 2 heterocycles. The molecule has 1 aromatic carbocycles. The molecular formula is C22H27ClN4O3. The predicted octanol–water partition coefficient (Wildman–Crippen LogP) is 3.70. The molecule has 0 radical (unpaired) electrons. The zero-order valence-electron chi connectivity index (χ0n) is 17.8. The van der Waals surface area contributed by atoms with Gasteiger partial charge in [0.05, 0.1) is 23.0 Å². The minimum absolute atomic E-state index is 0.0466. The van der Waals surface area contributed by atoms with E-state index in [-0.39, 0.29) is 29.7 Å². The molecule has 160 valence electrons. The van der Waals surface area contributed by atoms with E-state index in [1.54, 1.807) is 18.7 Å². The maximum Gasteiger partial charge on any atom is 0.342 e. The van der Waals surface area contributed by atoms with E-state index < -0.39 is 5.97 Å². The van der Waals surface area contributed by atoms with Crippen LogP contribution in [0.5, 0.6) is 0 Å². The van der Waals surface area contributed by atoms with Crippen LogP contribution in [-0.4, -0.2) is 59.5 Å². The molecule has 3 rings (SSSR count). The van der Waals surface area contributed by atoms with Crippen molar-refractivity contribution in [3.63, 3.8) is 0 Å². The summed E-state index contributed by atoms with van der Waals surface area (Å²) in [5.41, 5.74) is 1.80. The number of carbonyl (C=O) groups is 2. The number of amides is 1. The third-order valence-electron chi connectivity index (χ3n) is 5.04. The van der Waals surface area contributed by atoms with Crippen molar-refractivity contribution in [1.29, 1.82) is 0 Å². The van der Waals surface area contributed by atoms with Crippen LogP contribution in [0.1, 0.15) is 59.1 Å². The Morgan fingerprint density at radius 3 is 2.40 bits per heavy atom. The van der Waals surface area contributed by atoms with E-state index in [4.69, 9.17) is 16.3 Å². The Bertz CT molecular complexity index is 940. The van der Waals surface area contributed by atoms with Crippen LogP contribution in [0.2, 0.25) is 5.02 Å². The van der Waals surface area contributed by atoms with Gasteiger partial charge in [-0.25, -0.2) is 14.8 Å². The number of hydrogen-bond acceptors (Lipinski definition) is 6. The van der Waals surface area contributed by atoms with E-state index >= 15 is 0 Å². The van der Waals surface area contributed by atoms with Crippen molar-refractivity contribution in [3.8, 4) is 0 Å². The van der Waals surface area contributed by atoms with Gasteiger partial charge < -0.3 is 14.5 Å². The summed E-state index contributed by atoms with van der Waals surface area (Å²) in [6, 6.07) is 7.67. The lowest BCUT2D eigenvalue weighted by molar-refractivity contribution is 0.0514. The minimum Gasteiger partial charge on any atom is -0.462 e. The second-order valence-corrected chi connectivity index (χ2v) is 7.89. The van der Waals surface area contributed by atoms with Gasteiger partial charge in [0.2, 0.25) is 0 Å². The van der Waals surface area contributed by atoms with Crippen molar-refractivity contribution < 1.29 is 14.3 Å². The maximum absolute atomic E-state index is 13.3. The summed E-state index contributed by atoms with van der Waals surface area (Å²) in [5.74, 6) is -0.414. The summed E-state index contributed by atoms with van der Waals surface area (Å²) in [7, 11) is 0. The Morgan fingerprint density at radius 2 is 1.80 bits per heavy atom. The number of nitrogens with zero attached hydrogens (tertiary/aromatic N) is 4. The minimum atomic E-state index is -0.556. The van der Waals surface area contributed by atoms with Crippen molar-refractivity contribution in [1.82, 2.24) is 14.9 Å². The van der Waals surface area contributed by atoms with Crippen molar-refractivity contribution in [2.24, 2.45) is 0 Å². The Morgan fingerprint density at radius 1 is 1.13 bits per heavy atom. The fourth-order valence-corrected chi connectivity index (χ4v) is 3.83. The predicted molar refractivity (Wildman–Crippen MR) is 116 cm³/mol. The molecule has 1 aliphatic heterocycles. The fraction of sp³-hybridized carbons (Fsp3) is 0.455. The van der Waals surface area contributed by atoms with Crippen molar-refractivity contribution in [2.45, 2.75) is 33.6 Å². The summed E-state index contributed by atoms with van der Waals surface area (Å²) < 4.78 is 5.21. The van der Waals surface area contributed by atoms with Crippen LogP contribution in [0.4, 0.5) is 5.69 Å². The number of esters is 1. The van der Waals surface area contributed by atoms with Gasteiger partial charge in [-0.1, -0.05) is 37.6 Å². The SMILES string of the molecule is CCOC(=O)c1c(C(=O)N2CCN(c3ccccc3Cl)CC2)nc(C)nc1C(C)C. The monoisotopic (exact) mass is 430 g/mol. The molecular weight excluding hydrogens is 404 g/mol. The number of carbonyl (C=O) groups excluding carboxylic acids is 2. The van der Waals surface area contributed by atoms with Gasteiger partial charge in [-0.15, -0.1) is 0 Å². The molecule has 0 spiro atoms. The largest absolute Gasteiger partial charge is 0.462 e. The van der Waals surface area contributed by atoms with Gasteiger partial charge in [0.15, 0.2) is 0 Å². The summed E-state index contributed by atoms with van der Waals surface area (Å²) in [6.07, 6.45) is 0. The standard InChI is InChI=1S/C22H27ClN4O3/c1-5-30-22(29)18-19(14(2)3)24-15(4)25-20(18)21(28)27-12-10-26(11-13-27)17-9-7-6-8-16(17)23/h6-9,14H,5,10-13H2,1-4H3. The number of ether oxygens (including phenoxy) is 1. The highest BCUT2D eigenvalue weighted by Crippen LogP contribution is 2.27. The zero-order chi connectivity index (χ0) is 21.8. The van der Waals surface area contributed by atoms with Gasteiger partial charge in [-0.3, -0.25) is 4.79 Å². The van der Waals surface area contributed by atoms with Gasteiger partial charge in [0, 0.05) is 26.2 Å². The summed E-state index contributed by atoms with van der Waals surface area (Å²) in [6.45, 7) is 9.84. The Balaban J connectivity index is 1.87. The van der Waals surface area contributed by atoms with E-state index in [0.717, 1.165) is 5.69 Å². The first-order chi connectivity index (χ1) is 14.3. The number of benzene rings is 1. The van der Waals surface area contributed by atoms with Gasteiger partial charge in [0.1, 0.15) is 17.1 Å². The topological polar surface area (TPSA) is 75.6 Å². The van der Waals surface area contributed by atoms with Crippen LogP contribution in [0.15, 0.2) is 24.3 Å². The van der Waals surface area contributed by atoms with Gasteiger partial charge >= 0.3 is 5.97 Å². The lowest BCUT2D eigenvalue weighted by Crippen LogP contribution is -2.49. The molecule has 1 amide bonds. The fourth-order valence-electron chi connectivity index (χ4n) is 3.58. The lowest BCUT2D eigenvalue weighted by atomic mass is 10.0. The average molecular weight is 431 g/mol. The van der Waals surface area contributed by atoms with Crippen LogP contribution in [0.3, 0.4) is 0 Å². The molecule has 0 N–H and O–H groups in total. The summed E-state index contributed by atoms with van der Waals surface area (Å²) in [4.78, 5) is 38.7. The average Bonchev–Trinajstić information content (AvgIpc) is 2.73. The third kappa shape index (κ3) is 4.56. The molecule has 1 fully saturated rings. The first kappa shape index (κ1) is 22.0. The Labute approximate surface area is 182 Å². The van der Waals surface area contributed by atoms with E-state index in [0.29, 0.717) is 42.7 Å². The van der Waals surface area contributed by atoms with Gasteiger partial charge in [-0.05, 0) is 31.9 Å². The van der Waals surface area contributed by atoms with Crippen LogP contribution in [-0.2, 0) is 4.74 Å². The van der Waals surface area contributed by atoms with Crippen molar-refractivity contribution in [3.05, 3.63) is 52.1 Å². The van der Waals surface area contributed by atoms with E-state index in [9.17, 15) is 9.59 Å². The number of rotatable bonds is 5. The van der Waals surface area contributed by atoms with Crippen LogP contribution in [0.25, 0.3) is 0 Å². The van der Waals surface area contributed by atoms with E-state index in [2.05, 4.69) is 14.9 Å². The molecule has 0 atom stereocenters. The second-order valence-electron chi connectivity index (χ2n) is 7.49. The maximum atomic E-state index is 13.3. The molecule has 1 aliphatic rings. The van der Waals surface area contributed by atoms with Crippen molar-refractivity contribution in [2.75, 3.05) is 37.7 Å².